The molecule has 0 saturated heterocycles. The molecule has 0 radical (unpaired) electrons. The molecule has 3 nitrogen and oxygen atoms in total. The fraction of sp³-hybridized carbons (Fsp3) is 0.600. The van der Waals surface area contributed by atoms with Gasteiger partial charge in [-0.1, -0.05) is 18.2 Å². The Morgan fingerprint density at radius 2 is 1.78 bits per heavy atom. The Labute approximate surface area is 108 Å². The molecule has 0 bridgehead atoms. The Balaban J connectivity index is 1.71. The summed E-state index contributed by atoms with van der Waals surface area (Å²) in [6, 6.07) is 8.68. The molecule has 3 rings (SSSR count). The molecule has 0 heterocycles. The highest BCUT2D eigenvalue weighted by Gasteiger charge is 2.47. The van der Waals surface area contributed by atoms with E-state index in [0.29, 0.717) is 17.8 Å². The Bertz CT molecular complexity index is 420. The lowest BCUT2D eigenvalue weighted by Gasteiger charge is -2.31. The fourth-order valence-electron chi connectivity index (χ4n) is 3.15. The van der Waals surface area contributed by atoms with Gasteiger partial charge in [-0.05, 0) is 44.6 Å². The smallest absolute Gasteiger partial charge is 0.120 e. The number of aromatic hydroxyl groups is 1. The minimum absolute atomic E-state index is 0.0391. The molecular formula is C15H22N2O. The molecule has 18 heavy (non-hydrogen) atoms. The van der Waals surface area contributed by atoms with Crippen LogP contribution >= 0.6 is 0 Å². The first-order valence-electron chi connectivity index (χ1n) is 7.01. The third-order valence-electron chi connectivity index (χ3n) is 4.42. The molecule has 2 fully saturated rings. The zero-order valence-electron chi connectivity index (χ0n) is 10.7. The van der Waals surface area contributed by atoms with Crippen molar-refractivity contribution in [2.75, 3.05) is 0 Å². The molecule has 0 amide bonds. The lowest BCUT2D eigenvalue weighted by Crippen LogP contribution is -2.42. The number of benzene rings is 1. The zero-order valence-corrected chi connectivity index (χ0v) is 10.7. The fourth-order valence-corrected chi connectivity index (χ4v) is 3.15. The zero-order chi connectivity index (χ0) is 12.6. The van der Waals surface area contributed by atoms with Crippen LogP contribution in [0.4, 0.5) is 0 Å². The van der Waals surface area contributed by atoms with Gasteiger partial charge in [-0.25, -0.2) is 0 Å². The van der Waals surface area contributed by atoms with E-state index in [1.807, 2.05) is 18.2 Å². The van der Waals surface area contributed by atoms with Crippen LogP contribution in [0.1, 0.15) is 44.1 Å². The second-order valence-electron chi connectivity index (χ2n) is 5.86. The normalized spacial score (nSPS) is 30.1. The van der Waals surface area contributed by atoms with Crippen molar-refractivity contribution in [2.24, 2.45) is 5.73 Å². The van der Waals surface area contributed by atoms with Crippen LogP contribution in [0.25, 0.3) is 0 Å². The van der Waals surface area contributed by atoms with Crippen LogP contribution < -0.4 is 11.1 Å². The molecule has 2 aliphatic rings. The van der Waals surface area contributed by atoms with Gasteiger partial charge in [0, 0.05) is 23.2 Å². The second-order valence-corrected chi connectivity index (χ2v) is 5.86. The van der Waals surface area contributed by atoms with E-state index in [9.17, 15) is 5.11 Å². The number of hydrogen-bond donors (Lipinski definition) is 3. The van der Waals surface area contributed by atoms with Crippen LogP contribution in [0.3, 0.4) is 0 Å². The van der Waals surface area contributed by atoms with Crippen LogP contribution in [0.5, 0.6) is 5.75 Å². The van der Waals surface area contributed by atoms with Gasteiger partial charge in [-0.2, -0.15) is 0 Å². The van der Waals surface area contributed by atoms with Gasteiger partial charge in [-0.15, -0.1) is 0 Å². The Hall–Kier alpha value is -1.06. The number of nitrogens with two attached hydrogens (primary N) is 1. The van der Waals surface area contributed by atoms with Gasteiger partial charge in [0.2, 0.25) is 0 Å². The lowest BCUT2D eigenvalue weighted by molar-refractivity contribution is 0.303. The molecule has 3 heteroatoms. The van der Waals surface area contributed by atoms with Crippen molar-refractivity contribution in [1.82, 2.24) is 5.32 Å². The standard InChI is InChI=1S/C15H22N2O/c16-11-5-7-12(8-6-11)17-15(9-10-15)13-3-1-2-4-14(13)18/h1-4,11-12,17-18H,5-10,16H2. The highest BCUT2D eigenvalue weighted by molar-refractivity contribution is 5.41. The first kappa shape index (κ1) is 12.0. The maximum Gasteiger partial charge on any atom is 0.120 e. The molecule has 2 saturated carbocycles. The predicted octanol–water partition coefficient (Wildman–Crippen LogP) is 2.24. The predicted molar refractivity (Wildman–Crippen MR) is 72.4 cm³/mol. The quantitative estimate of drug-likeness (QED) is 0.766. The molecule has 1 aromatic carbocycles. The summed E-state index contributed by atoms with van der Waals surface area (Å²) in [5.41, 5.74) is 7.05. The van der Waals surface area contributed by atoms with E-state index in [4.69, 9.17) is 5.73 Å². The largest absolute Gasteiger partial charge is 0.508 e. The van der Waals surface area contributed by atoms with E-state index < -0.39 is 0 Å². The van der Waals surface area contributed by atoms with Crippen LogP contribution in [0.2, 0.25) is 0 Å². The van der Waals surface area contributed by atoms with Crippen LogP contribution in [-0.4, -0.2) is 17.2 Å². The monoisotopic (exact) mass is 246 g/mol. The third kappa shape index (κ3) is 2.25. The number of phenols is 1. The van der Waals surface area contributed by atoms with E-state index in [1.165, 1.54) is 0 Å². The van der Waals surface area contributed by atoms with Gasteiger partial charge in [0.05, 0.1) is 0 Å². The molecule has 0 spiro atoms. The highest BCUT2D eigenvalue weighted by Crippen LogP contribution is 2.49. The van der Waals surface area contributed by atoms with Crippen LogP contribution in [-0.2, 0) is 5.54 Å². The molecule has 4 N–H and O–H groups in total. The number of nitrogens with one attached hydrogen (secondary N) is 1. The summed E-state index contributed by atoms with van der Waals surface area (Å²) in [5, 5.41) is 13.8. The van der Waals surface area contributed by atoms with Crippen LogP contribution in [0.15, 0.2) is 24.3 Å². The van der Waals surface area contributed by atoms with E-state index in [1.54, 1.807) is 6.07 Å². The molecule has 0 aliphatic heterocycles. The van der Waals surface area contributed by atoms with Crippen molar-refractivity contribution in [2.45, 2.75) is 56.1 Å². The summed E-state index contributed by atoms with van der Waals surface area (Å²) in [6.07, 6.45) is 6.83. The highest BCUT2D eigenvalue weighted by atomic mass is 16.3. The molecule has 0 atom stereocenters. The Morgan fingerprint density at radius 3 is 2.39 bits per heavy atom. The average molecular weight is 246 g/mol. The number of phenolic OH excluding ortho intramolecular Hbond substituents is 1. The van der Waals surface area contributed by atoms with Gasteiger partial charge in [0.1, 0.15) is 5.75 Å². The van der Waals surface area contributed by atoms with Crippen molar-refractivity contribution in [3.05, 3.63) is 29.8 Å². The van der Waals surface area contributed by atoms with Crippen LogP contribution in [0, 0.1) is 0 Å². The van der Waals surface area contributed by atoms with E-state index in [2.05, 4.69) is 5.32 Å². The van der Waals surface area contributed by atoms with E-state index >= 15 is 0 Å². The summed E-state index contributed by atoms with van der Waals surface area (Å²) in [5.74, 6) is 0.426. The molecule has 0 aromatic heterocycles. The first-order valence-corrected chi connectivity index (χ1v) is 7.01. The van der Waals surface area contributed by atoms with Gasteiger partial charge in [-0.3, -0.25) is 0 Å². The maximum atomic E-state index is 10.00. The van der Waals surface area contributed by atoms with E-state index in [-0.39, 0.29) is 5.54 Å². The van der Waals surface area contributed by atoms with Crippen molar-refractivity contribution >= 4 is 0 Å². The minimum Gasteiger partial charge on any atom is -0.508 e. The van der Waals surface area contributed by atoms with Gasteiger partial charge < -0.3 is 16.2 Å². The van der Waals surface area contributed by atoms with Crippen molar-refractivity contribution in [1.29, 1.82) is 0 Å². The summed E-state index contributed by atoms with van der Waals surface area (Å²) in [6.45, 7) is 0. The Morgan fingerprint density at radius 1 is 1.11 bits per heavy atom. The van der Waals surface area contributed by atoms with Gasteiger partial charge in [0.25, 0.3) is 0 Å². The topological polar surface area (TPSA) is 58.3 Å². The summed E-state index contributed by atoms with van der Waals surface area (Å²) in [4.78, 5) is 0. The molecule has 0 unspecified atom stereocenters. The maximum absolute atomic E-state index is 10.00. The Kier molecular flexibility index (Phi) is 3.04. The summed E-state index contributed by atoms with van der Waals surface area (Å²) in [7, 11) is 0. The molecule has 98 valence electrons. The average Bonchev–Trinajstić information content (AvgIpc) is 3.14. The number of hydrogen-bond acceptors (Lipinski definition) is 3. The minimum atomic E-state index is 0.0391. The van der Waals surface area contributed by atoms with E-state index in [0.717, 1.165) is 44.1 Å². The SMILES string of the molecule is NC1CCC(NC2(c3ccccc3O)CC2)CC1. The number of para-hydroxylation sites is 1. The van der Waals surface area contributed by atoms with Crippen molar-refractivity contribution in [3.8, 4) is 5.75 Å². The lowest BCUT2D eigenvalue weighted by atomic mass is 9.90. The van der Waals surface area contributed by atoms with Crippen molar-refractivity contribution in [3.63, 3.8) is 0 Å². The summed E-state index contributed by atoms with van der Waals surface area (Å²) >= 11 is 0. The molecular weight excluding hydrogens is 224 g/mol. The first-order chi connectivity index (χ1) is 8.70. The molecule has 2 aliphatic carbocycles. The van der Waals surface area contributed by atoms with Gasteiger partial charge >= 0.3 is 0 Å². The summed E-state index contributed by atoms with van der Waals surface area (Å²) < 4.78 is 0. The van der Waals surface area contributed by atoms with Gasteiger partial charge in [0.15, 0.2) is 0 Å². The third-order valence-corrected chi connectivity index (χ3v) is 4.42. The second kappa shape index (κ2) is 4.56. The number of rotatable bonds is 3. The van der Waals surface area contributed by atoms with Crippen molar-refractivity contribution < 1.29 is 5.11 Å². The molecule has 1 aromatic rings.